The number of nitrogens with two attached hydrogens (primary N) is 1. The van der Waals surface area contributed by atoms with Crippen LogP contribution in [0.15, 0.2) is 0 Å². The largest absolute Gasteiger partial charge is 0.352 e. The van der Waals surface area contributed by atoms with Gasteiger partial charge in [0.05, 0.1) is 11.2 Å². The van der Waals surface area contributed by atoms with Crippen LogP contribution in [-0.4, -0.2) is 38.9 Å². The van der Waals surface area contributed by atoms with Gasteiger partial charge in [-0.2, -0.15) is 0 Å². The van der Waals surface area contributed by atoms with Gasteiger partial charge in [-0.3, -0.25) is 4.79 Å². The Balaban J connectivity index is 2.64. The molecule has 0 aromatic heterocycles. The lowest BCUT2D eigenvalue weighted by Gasteiger charge is -2.37. The van der Waals surface area contributed by atoms with Crippen LogP contribution in [0.1, 0.15) is 39.5 Å². The molecule has 0 saturated heterocycles. The Bertz CT molecular complexity index is 412. The van der Waals surface area contributed by atoms with E-state index in [9.17, 15) is 13.2 Å². The molecule has 1 saturated carbocycles. The molecule has 19 heavy (non-hydrogen) atoms. The SMILES string of the molecule is CC1CCC(CN)(C(=O)NC(C)CS(C)(=O)=O)CC1. The van der Waals surface area contributed by atoms with Crippen LogP contribution in [0.3, 0.4) is 0 Å². The summed E-state index contributed by atoms with van der Waals surface area (Å²) in [4.78, 5) is 12.4. The highest BCUT2D eigenvalue weighted by Gasteiger charge is 2.40. The Labute approximate surface area is 116 Å². The monoisotopic (exact) mass is 290 g/mol. The van der Waals surface area contributed by atoms with Gasteiger partial charge in [-0.15, -0.1) is 0 Å². The van der Waals surface area contributed by atoms with Crippen LogP contribution < -0.4 is 11.1 Å². The summed E-state index contributed by atoms with van der Waals surface area (Å²) in [5.74, 6) is 0.523. The van der Waals surface area contributed by atoms with Crippen molar-refractivity contribution in [2.24, 2.45) is 17.1 Å². The third kappa shape index (κ3) is 4.76. The topological polar surface area (TPSA) is 89.3 Å². The molecule has 0 bridgehead atoms. The molecule has 0 aromatic rings. The minimum Gasteiger partial charge on any atom is -0.352 e. The summed E-state index contributed by atoms with van der Waals surface area (Å²) < 4.78 is 22.4. The third-order valence-corrected chi connectivity index (χ3v) is 5.14. The number of hydrogen-bond donors (Lipinski definition) is 2. The fourth-order valence-corrected chi connectivity index (χ4v) is 3.70. The highest BCUT2D eigenvalue weighted by atomic mass is 32.2. The molecule has 1 aliphatic rings. The Morgan fingerprint density at radius 1 is 1.42 bits per heavy atom. The van der Waals surface area contributed by atoms with E-state index < -0.39 is 15.3 Å². The smallest absolute Gasteiger partial charge is 0.227 e. The van der Waals surface area contributed by atoms with Crippen molar-refractivity contribution in [1.82, 2.24) is 5.32 Å². The number of amides is 1. The lowest BCUT2D eigenvalue weighted by Crippen LogP contribution is -2.51. The summed E-state index contributed by atoms with van der Waals surface area (Å²) in [6.45, 7) is 4.23. The normalized spacial score (nSPS) is 29.8. The van der Waals surface area contributed by atoms with Gasteiger partial charge in [0.1, 0.15) is 9.84 Å². The van der Waals surface area contributed by atoms with Crippen LogP contribution in [0.5, 0.6) is 0 Å². The van der Waals surface area contributed by atoms with Crippen molar-refractivity contribution in [3.8, 4) is 0 Å². The highest BCUT2D eigenvalue weighted by Crippen LogP contribution is 2.38. The molecular formula is C13H26N2O3S. The molecule has 1 fully saturated rings. The maximum absolute atomic E-state index is 12.4. The number of sulfone groups is 1. The van der Waals surface area contributed by atoms with Gasteiger partial charge >= 0.3 is 0 Å². The van der Waals surface area contributed by atoms with E-state index in [1.165, 1.54) is 6.26 Å². The van der Waals surface area contributed by atoms with Gasteiger partial charge in [-0.05, 0) is 38.5 Å². The fourth-order valence-electron chi connectivity index (χ4n) is 2.71. The molecule has 1 unspecified atom stereocenters. The van der Waals surface area contributed by atoms with Crippen molar-refractivity contribution in [1.29, 1.82) is 0 Å². The molecule has 1 atom stereocenters. The van der Waals surface area contributed by atoms with Gasteiger partial charge in [-0.1, -0.05) is 6.92 Å². The average molecular weight is 290 g/mol. The van der Waals surface area contributed by atoms with Gasteiger partial charge in [-0.25, -0.2) is 8.42 Å². The number of rotatable bonds is 5. The summed E-state index contributed by atoms with van der Waals surface area (Å²) >= 11 is 0. The van der Waals surface area contributed by atoms with Gasteiger partial charge in [0.25, 0.3) is 0 Å². The first-order valence-electron chi connectivity index (χ1n) is 6.87. The zero-order valence-corrected chi connectivity index (χ0v) is 12.9. The zero-order chi connectivity index (χ0) is 14.7. The van der Waals surface area contributed by atoms with Crippen LogP contribution in [-0.2, 0) is 14.6 Å². The summed E-state index contributed by atoms with van der Waals surface area (Å²) in [6, 6.07) is -0.370. The second-order valence-corrected chi connectivity index (χ2v) is 8.32. The molecule has 0 aromatic carbocycles. The van der Waals surface area contributed by atoms with Crippen LogP contribution >= 0.6 is 0 Å². The molecule has 6 heteroatoms. The van der Waals surface area contributed by atoms with Gasteiger partial charge in [0.2, 0.25) is 5.91 Å². The fraction of sp³-hybridized carbons (Fsp3) is 0.923. The minimum absolute atomic E-state index is 0.0320. The molecule has 3 N–H and O–H groups in total. The van der Waals surface area contributed by atoms with E-state index in [1.54, 1.807) is 6.92 Å². The molecule has 5 nitrogen and oxygen atoms in total. The lowest BCUT2D eigenvalue weighted by atomic mass is 9.70. The summed E-state index contributed by atoms with van der Waals surface area (Å²) in [7, 11) is -3.08. The van der Waals surface area contributed by atoms with E-state index >= 15 is 0 Å². The van der Waals surface area contributed by atoms with Gasteiger partial charge < -0.3 is 11.1 Å². The third-order valence-electron chi connectivity index (χ3n) is 4.03. The predicted octanol–water partition coefficient (Wildman–Crippen LogP) is 0.691. The average Bonchev–Trinajstić information content (AvgIpc) is 2.27. The van der Waals surface area contributed by atoms with Crippen LogP contribution in [0, 0.1) is 11.3 Å². The summed E-state index contributed by atoms with van der Waals surface area (Å²) in [5.41, 5.74) is 5.31. The van der Waals surface area contributed by atoms with E-state index in [1.807, 2.05) is 0 Å². The number of nitrogens with one attached hydrogen (secondary N) is 1. The van der Waals surface area contributed by atoms with Crippen LogP contribution in [0.4, 0.5) is 0 Å². The lowest BCUT2D eigenvalue weighted by molar-refractivity contribution is -0.133. The first-order valence-corrected chi connectivity index (χ1v) is 8.93. The van der Waals surface area contributed by atoms with E-state index in [-0.39, 0.29) is 17.7 Å². The molecule has 0 aliphatic heterocycles. The Morgan fingerprint density at radius 2 is 1.95 bits per heavy atom. The Kier molecular flexibility index (Phi) is 5.38. The van der Waals surface area contributed by atoms with Crippen LogP contribution in [0.25, 0.3) is 0 Å². The van der Waals surface area contributed by atoms with Crippen molar-refractivity contribution >= 4 is 15.7 Å². The minimum atomic E-state index is -3.08. The zero-order valence-electron chi connectivity index (χ0n) is 12.1. The van der Waals surface area contributed by atoms with Crippen molar-refractivity contribution in [3.63, 3.8) is 0 Å². The molecular weight excluding hydrogens is 264 g/mol. The van der Waals surface area contributed by atoms with E-state index in [0.717, 1.165) is 25.7 Å². The molecule has 1 amide bonds. The van der Waals surface area contributed by atoms with Gasteiger partial charge in [0.15, 0.2) is 0 Å². The predicted molar refractivity (Wildman–Crippen MR) is 76.4 cm³/mol. The summed E-state index contributed by atoms with van der Waals surface area (Å²) in [5, 5.41) is 2.81. The van der Waals surface area contributed by atoms with Crippen molar-refractivity contribution < 1.29 is 13.2 Å². The first kappa shape index (κ1) is 16.4. The standard InChI is InChI=1S/C13H26N2O3S/c1-10-4-6-13(9-14,7-5-10)12(16)15-11(2)8-19(3,17)18/h10-11H,4-9,14H2,1-3H3,(H,15,16). The molecule has 1 rings (SSSR count). The number of carbonyl (C=O) groups is 1. The van der Waals surface area contributed by atoms with Crippen molar-refractivity contribution in [3.05, 3.63) is 0 Å². The maximum Gasteiger partial charge on any atom is 0.227 e. The second kappa shape index (κ2) is 6.22. The molecule has 1 aliphatic carbocycles. The second-order valence-electron chi connectivity index (χ2n) is 6.13. The molecule has 0 radical (unpaired) electrons. The number of hydrogen-bond acceptors (Lipinski definition) is 4. The first-order chi connectivity index (χ1) is 8.68. The number of carbonyl (C=O) groups excluding carboxylic acids is 1. The van der Waals surface area contributed by atoms with Crippen molar-refractivity contribution in [2.45, 2.75) is 45.6 Å². The highest BCUT2D eigenvalue weighted by molar-refractivity contribution is 7.90. The van der Waals surface area contributed by atoms with E-state index in [2.05, 4.69) is 12.2 Å². The maximum atomic E-state index is 12.4. The van der Waals surface area contributed by atoms with E-state index in [0.29, 0.717) is 12.5 Å². The Hall–Kier alpha value is -0.620. The molecule has 112 valence electrons. The summed E-state index contributed by atoms with van der Waals surface area (Å²) in [6.07, 6.45) is 4.77. The van der Waals surface area contributed by atoms with Crippen molar-refractivity contribution in [2.75, 3.05) is 18.6 Å². The van der Waals surface area contributed by atoms with Crippen LogP contribution in [0.2, 0.25) is 0 Å². The van der Waals surface area contributed by atoms with Gasteiger partial charge in [0, 0.05) is 18.8 Å². The molecule has 0 heterocycles. The molecule has 0 spiro atoms. The quantitative estimate of drug-likeness (QED) is 0.779. The van der Waals surface area contributed by atoms with E-state index in [4.69, 9.17) is 5.73 Å². The Morgan fingerprint density at radius 3 is 2.37 bits per heavy atom.